The van der Waals surface area contributed by atoms with Crippen molar-refractivity contribution in [1.29, 1.82) is 0 Å². The van der Waals surface area contributed by atoms with E-state index in [1.165, 1.54) is 33.0 Å². The van der Waals surface area contributed by atoms with Crippen LogP contribution < -0.4 is 9.80 Å². The van der Waals surface area contributed by atoms with Crippen LogP contribution >= 0.6 is 0 Å². The molecule has 0 bridgehead atoms. The van der Waals surface area contributed by atoms with Crippen molar-refractivity contribution in [1.82, 2.24) is 0 Å². The highest BCUT2D eigenvalue weighted by molar-refractivity contribution is 5.92. The van der Waals surface area contributed by atoms with E-state index in [0.29, 0.717) is 0 Å². The number of benzene rings is 9. The zero-order valence-corrected chi connectivity index (χ0v) is 31.0. The van der Waals surface area contributed by atoms with Crippen molar-refractivity contribution < 1.29 is 0 Å². The van der Waals surface area contributed by atoms with E-state index in [4.69, 9.17) is 0 Å². The molecule has 9 rings (SSSR count). The molecule has 0 fully saturated rings. The Kier molecular flexibility index (Phi) is 9.75. The van der Waals surface area contributed by atoms with Gasteiger partial charge in [0.05, 0.1) is 0 Å². The highest BCUT2D eigenvalue weighted by Gasteiger charge is 2.15. The van der Waals surface area contributed by atoms with Crippen molar-refractivity contribution in [2.75, 3.05) is 9.80 Å². The number of fused-ring (bicyclic) bond motifs is 1. The lowest BCUT2D eigenvalue weighted by atomic mass is 10.0. The number of hydrogen-bond acceptors (Lipinski definition) is 2. The maximum absolute atomic E-state index is 2.34. The van der Waals surface area contributed by atoms with Gasteiger partial charge in [0.25, 0.3) is 0 Å². The molecule has 0 amide bonds. The van der Waals surface area contributed by atoms with Crippen LogP contribution in [0.15, 0.2) is 231 Å². The van der Waals surface area contributed by atoms with Gasteiger partial charge in [-0.1, -0.05) is 164 Å². The minimum absolute atomic E-state index is 1.11. The standard InChI is InChI=1S/C54H40N2/c1-5-13-43(14-6-1)45-27-34-52(35-28-45)56(53-36-29-46(30-37-53)44-15-7-2-8-16-44)54-38-31-47-39-42(23-26-48(47)40-54)22-21-41-24-32-51(33-25-41)55(49-17-9-3-10-18-49)50-19-11-4-12-20-50/h1-40H. The van der Waals surface area contributed by atoms with Crippen molar-refractivity contribution in [3.8, 4) is 22.3 Å². The molecule has 0 heterocycles. The first-order valence-electron chi connectivity index (χ1n) is 19.1. The predicted octanol–water partition coefficient (Wildman–Crippen LogP) is 15.3. The molecule has 0 saturated carbocycles. The second-order valence-corrected chi connectivity index (χ2v) is 13.9. The second kappa shape index (κ2) is 15.9. The van der Waals surface area contributed by atoms with E-state index in [-0.39, 0.29) is 0 Å². The average molecular weight is 717 g/mol. The monoisotopic (exact) mass is 716 g/mol. The summed E-state index contributed by atoms with van der Waals surface area (Å²) >= 11 is 0. The molecular formula is C54H40N2. The summed E-state index contributed by atoms with van der Waals surface area (Å²) in [7, 11) is 0. The Bertz CT molecular complexity index is 2570. The summed E-state index contributed by atoms with van der Waals surface area (Å²) in [4.78, 5) is 4.63. The molecular weight excluding hydrogens is 677 g/mol. The molecule has 0 aliphatic heterocycles. The van der Waals surface area contributed by atoms with Crippen molar-refractivity contribution >= 4 is 57.0 Å². The molecule has 266 valence electrons. The fourth-order valence-electron chi connectivity index (χ4n) is 7.34. The summed E-state index contributed by atoms with van der Waals surface area (Å²) < 4.78 is 0. The first-order chi connectivity index (χ1) is 27.7. The summed E-state index contributed by atoms with van der Waals surface area (Å²) in [6.45, 7) is 0. The molecule has 0 radical (unpaired) electrons. The molecule has 0 unspecified atom stereocenters. The van der Waals surface area contributed by atoms with Gasteiger partial charge in [0.15, 0.2) is 0 Å². The van der Waals surface area contributed by atoms with Crippen LogP contribution in [0.4, 0.5) is 34.1 Å². The van der Waals surface area contributed by atoms with Gasteiger partial charge in [-0.25, -0.2) is 0 Å². The zero-order valence-electron chi connectivity index (χ0n) is 31.0. The normalized spacial score (nSPS) is 11.1. The summed E-state index contributed by atoms with van der Waals surface area (Å²) in [6.07, 6.45) is 4.39. The quantitative estimate of drug-likeness (QED) is 0.130. The Morgan fingerprint density at radius 2 is 0.554 bits per heavy atom. The van der Waals surface area contributed by atoms with Crippen molar-refractivity contribution in [2.45, 2.75) is 0 Å². The second-order valence-electron chi connectivity index (χ2n) is 13.9. The number of hydrogen-bond donors (Lipinski definition) is 0. The minimum Gasteiger partial charge on any atom is -0.311 e. The third-order valence-corrected chi connectivity index (χ3v) is 10.2. The molecule has 0 aromatic heterocycles. The van der Waals surface area contributed by atoms with Crippen LogP contribution in [0.2, 0.25) is 0 Å². The largest absolute Gasteiger partial charge is 0.311 e. The Morgan fingerprint density at radius 3 is 1.05 bits per heavy atom. The molecule has 9 aromatic rings. The van der Waals surface area contributed by atoms with Gasteiger partial charge in [-0.2, -0.15) is 0 Å². The van der Waals surface area contributed by atoms with E-state index < -0.39 is 0 Å². The van der Waals surface area contributed by atoms with E-state index in [0.717, 1.165) is 45.3 Å². The number of anilines is 6. The predicted molar refractivity (Wildman–Crippen MR) is 240 cm³/mol. The van der Waals surface area contributed by atoms with Gasteiger partial charge in [-0.3, -0.25) is 0 Å². The molecule has 56 heavy (non-hydrogen) atoms. The van der Waals surface area contributed by atoms with E-state index in [9.17, 15) is 0 Å². The number of nitrogens with zero attached hydrogens (tertiary/aromatic N) is 2. The van der Waals surface area contributed by atoms with Crippen molar-refractivity contribution in [3.63, 3.8) is 0 Å². The van der Waals surface area contributed by atoms with Gasteiger partial charge in [-0.15, -0.1) is 0 Å². The van der Waals surface area contributed by atoms with Crippen molar-refractivity contribution in [2.24, 2.45) is 0 Å². The van der Waals surface area contributed by atoms with E-state index >= 15 is 0 Å². The Labute approximate surface area is 329 Å². The molecule has 9 aromatic carbocycles. The Morgan fingerprint density at radius 1 is 0.232 bits per heavy atom. The average Bonchev–Trinajstić information content (AvgIpc) is 3.28. The lowest BCUT2D eigenvalue weighted by Gasteiger charge is -2.26. The van der Waals surface area contributed by atoms with Crippen LogP contribution in [0, 0.1) is 0 Å². The van der Waals surface area contributed by atoms with Crippen LogP contribution in [0.5, 0.6) is 0 Å². The van der Waals surface area contributed by atoms with Gasteiger partial charge < -0.3 is 9.80 Å². The molecule has 0 aliphatic carbocycles. The summed E-state index contributed by atoms with van der Waals surface area (Å²) in [6, 6.07) is 82.1. The zero-order chi connectivity index (χ0) is 37.5. The van der Waals surface area contributed by atoms with Crippen LogP contribution in [0.25, 0.3) is 45.2 Å². The first kappa shape index (κ1) is 34.4. The highest BCUT2D eigenvalue weighted by atomic mass is 15.1. The van der Waals surface area contributed by atoms with Gasteiger partial charge in [0, 0.05) is 34.1 Å². The van der Waals surface area contributed by atoms with Gasteiger partial charge in [0.2, 0.25) is 0 Å². The molecule has 2 nitrogen and oxygen atoms in total. The minimum atomic E-state index is 1.11. The molecule has 0 saturated heterocycles. The molecule has 0 atom stereocenters. The SMILES string of the molecule is C(=Cc1ccc2cc(N(c3ccc(-c4ccccc4)cc3)c3ccc(-c4ccccc4)cc3)ccc2c1)c1ccc(N(c2ccccc2)c2ccccc2)cc1. The maximum atomic E-state index is 2.34. The third-order valence-electron chi connectivity index (χ3n) is 10.2. The first-order valence-corrected chi connectivity index (χ1v) is 19.1. The number of para-hydroxylation sites is 2. The van der Waals surface area contributed by atoms with Gasteiger partial charge >= 0.3 is 0 Å². The van der Waals surface area contributed by atoms with Crippen LogP contribution in [0.3, 0.4) is 0 Å². The van der Waals surface area contributed by atoms with Crippen LogP contribution in [-0.4, -0.2) is 0 Å². The van der Waals surface area contributed by atoms with Crippen LogP contribution in [0.1, 0.15) is 11.1 Å². The van der Waals surface area contributed by atoms with Gasteiger partial charge in [-0.05, 0) is 123 Å². The highest BCUT2D eigenvalue weighted by Crippen LogP contribution is 2.39. The molecule has 0 aliphatic rings. The molecule has 0 N–H and O–H groups in total. The molecule has 2 heteroatoms. The fraction of sp³-hybridized carbons (Fsp3) is 0. The van der Waals surface area contributed by atoms with E-state index in [2.05, 4.69) is 252 Å². The summed E-state index contributed by atoms with van der Waals surface area (Å²) in [5, 5.41) is 2.39. The van der Waals surface area contributed by atoms with Gasteiger partial charge in [0.1, 0.15) is 0 Å². The Balaban J connectivity index is 0.991. The summed E-state index contributed by atoms with van der Waals surface area (Å²) in [5.41, 5.74) is 13.8. The van der Waals surface area contributed by atoms with Crippen LogP contribution in [-0.2, 0) is 0 Å². The molecule has 0 spiro atoms. The topological polar surface area (TPSA) is 6.48 Å². The lowest BCUT2D eigenvalue weighted by molar-refractivity contribution is 1.28. The fourth-order valence-corrected chi connectivity index (χ4v) is 7.34. The smallest absolute Gasteiger partial charge is 0.0468 e. The summed E-state index contributed by atoms with van der Waals surface area (Å²) in [5.74, 6) is 0. The van der Waals surface area contributed by atoms with E-state index in [1.807, 2.05) is 0 Å². The van der Waals surface area contributed by atoms with Crippen molar-refractivity contribution in [3.05, 3.63) is 242 Å². The third kappa shape index (κ3) is 7.50. The maximum Gasteiger partial charge on any atom is 0.0468 e. The van der Waals surface area contributed by atoms with E-state index in [1.54, 1.807) is 0 Å². The Hall–Kier alpha value is -7.42. The lowest BCUT2D eigenvalue weighted by Crippen LogP contribution is -2.09. The number of rotatable bonds is 10.